The van der Waals surface area contributed by atoms with Crippen molar-refractivity contribution in [3.05, 3.63) is 78.1 Å². The lowest BCUT2D eigenvalue weighted by Gasteiger charge is -2.28. The van der Waals surface area contributed by atoms with E-state index in [2.05, 4.69) is 44.5 Å². The number of carbonyl (C=O) groups excluding carboxylic acids is 1. The van der Waals surface area contributed by atoms with E-state index in [1.807, 2.05) is 42.1 Å². The van der Waals surface area contributed by atoms with Gasteiger partial charge < -0.3 is 10.2 Å². The van der Waals surface area contributed by atoms with Gasteiger partial charge in [-0.25, -0.2) is 9.97 Å². The SMILES string of the molecule is O=C(NCc1ccc(N2CCSCC2)cc1)c1cnc(-c2ccccc2)nc1. The van der Waals surface area contributed by atoms with E-state index in [-0.39, 0.29) is 5.91 Å². The van der Waals surface area contributed by atoms with E-state index in [1.54, 1.807) is 12.4 Å². The second kappa shape index (κ2) is 8.89. The van der Waals surface area contributed by atoms with E-state index in [4.69, 9.17) is 0 Å². The van der Waals surface area contributed by atoms with Crippen LogP contribution < -0.4 is 10.2 Å². The van der Waals surface area contributed by atoms with Crippen molar-refractivity contribution in [2.45, 2.75) is 6.54 Å². The number of carbonyl (C=O) groups is 1. The summed E-state index contributed by atoms with van der Waals surface area (Å²) in [6.45, 7) is 2.68. The minimum atomic E-state index is -0.170. The fourth-order valence-corrected chi connectivity index (χ4v) is 4.02. The number of benzene rings is 2. The largest absolute Gasteiger partial charge is 0.370 e. The van der Waals surface area contributed by atoms with Crippen LogP contribution in [0.15, 0.2) is 67.0 Å². The molecule has 1 aliphatic rings. The van der Waals surface area contributed by atoms with Gasteiger partial charge in [0.15, 0.2) is 5.82 Å². The molecule has 0 aliphatic carbocycles. The van der Waals surface area contributed by atoms with Crippen LogP contribution in [0.2, 0.25) is 0 Å². The van der Waals surface area contributed by atoms with E-state index in [0.29, 0.717) is 17.9 Å². The van der Waals surface area contributed by atoms with Gasteiger partial charge in [-0.2, -0.15) is 11.8 Å². The third-order valence-corrected chi connectivity index (χ3v) is 5.65. The molecule has 4 rings (SSSR count). The lowest BCUT2D eigenvalue weighted by atomic mass is 10.2. The van der Waals surface area contributed by atoms with Crippen LogP contribution in [-0.4, -0.2) is 40.5 Å². The third kappa shape index (κ3) is 4.51. The normalized spacial score (nSPS) is 13.9. The number of rotatable bonds is 5. The molecule has 1 fully saturated rings. The summed E-state index contributed by atoms with van der Waals surface area (Å²) in [6.07, 6.45) is 3.14. The number of anilines is 1. The number of nitrogens with one attached hydrogen (secondary N) is 1. The van der Waals surface area contributed by atoms with Crippen molar-refractivity contribution in [3.63, 3.8) is 0 Å². The van der Waals surface area contributed by atoms with Gasteiger partial charge in [0.25, 0.3) is 5.91 Å². The van der Waals surface area contributed by atoms with Crippen molar-refractivity contribution >= 4 is 23.4 Å². The highest BCUT2D eigenvalue weighted by atomic mass is 32.2. The van der Waals surface area contributed by atoms with Crippen LogP contribution in [0.25, 0.3) is 11.4 Å². The average Bonchev–Trinajstić information content (AvgIpc) is 2.79. The van der Waals surface area contributed by atoms with Crippen LogP contribution in [0.1, 0.15) is 15.9 Å². The maximum Gasteiger partial charge on any atom is 0.254 e. The molecule has 142 valence electrons. The third-order valence-electron chi connectivity index (χ3n) is 4.71. The number of thioether (sulfide) groups is 1. The van der Waals surface area contributed by atoms with Crippen LogP contribution in [0, 0.1) is 0 Å². The second-order valence-corrected chi connectivity index (χ2v) is 7.83. The van der Waals surface area contributed by atoms with Crippen molar-refractivity contribution in [3.8, 4) is 11.4 Å². The van der Waals surface area contributed by atoms with E-state index >= 15 is 0 Å². The van der Waals surface area contributed by atoms with Gasteiger partial charge in [0.1, 0.15) is 0 Å². The predicted molar refractivity (Wildman–Crippen MR) is 115 cm³/mol. The summed E-state index contributed by atoms with van der Waals surface area (Å²) < 4.78 is 0. The Morgan fingerprint density at radius 2 is 1.64 bits per heavy atom. The number of nitrogens with zero attached hydrogens (tertiary/aromatic N) is 3. The first-order chi connectivity index (χ1) is 13.8. The maximum absolute atomic E-state index is 12.4. The minimum Gasteiger partial charge on any atom is -0.370 e. The summed E-state index contributed by atoms with van der Waals surface area (Å²) in [5.74, 6) is 2.81. The summed E-state index contributed by atoms with van der Waals surface area (Å²) >= 11 is 2.01. The van der Waals surface area contributed by atoms with E-state index in [9.17, 15) is 4.79 Å². The predicted octanol–water partition coefficient (Wildman–Crippen LogP) is 3.63. The van der Waals surface area contributed by atoms with Crippen LogP contribution in [0.3, 0.4) is 0 Å². The summed E-state index contributed by atoms with van der Waals surface area (Å²) in [5.41, 5.74) is 3.72. The number of aromatic nitrogens is 2. The first kappa shape index (κ1) is 18.5. The fraction of sp³-hybridized carbons (Fsp3) is 0.227. The Bertz CT molecular complexity index is 908. The van der Waals surface area contributed by atoms with Crippen molar-refractivity contribution in [2.24, 2.45) is 0 Å². The van der Waals surface area contributed by atoms with Gasteiger partial charge in [-0.3, -0.25) is 4.79 Å². The maximum atomic E-state index is 12.4. The molecule has 2 heterocycles. The molecule has 0 radical (unpaired) electrons. The van der Waals surface area contributed by atoms with Crippen molar-refractivity contribution in [1.29, 1.82) is 0 Å². The Hall–Kier alpha value is -2.86. The van der Waals surface area contributed by atoms with Crippen LogP contribution >= 0.6 is 11.8 Å². The van der Waals surface area contributed by atoms with Crippen molar-refractivity contribution < 1.29 is 4.79 Å². The Morgan fingerprint density at radius 3 is 2.32 bits per heavy atom. The highest BCUT2D eigenvalue weighted by molar-refractivity contribution is 7.99. The summed E-state index contributed by atoms with van der Waals surface area (Å²) in [6, 6.07) is 18.1. The molecule has 0 saturated carbocycles. The fourth-order valence-electron chi connectivity index (χ4n) is 3.11. The Kier molecular flexibility index (Phi) is 5.87. The highest BCUT2D eigenvalue weighted by Gasteiger charge is 2.11. The van der Waals surface area contributed by atoms with Gasteiger partial charge in [0.2, 0.25) is 0 Å². The minimum absolute atomic E-state index is 0.170. The molecule has 0 spiro atoms. The Morgan fingerprint density at radius 1 is 0.964 bits per heavy atom. The first-order valence-corrected chi connectivity index (χ1v) is 10.5. The molecule has 2 aromatic carbocycles. The van der Waals surface area contributed by atoms with Gasteiger partial charge in [-0.15, -0.1) is 0 Å². The van der Waals surface area contributed by atoms with Crippen LogP contribution in [0.5, 0.6) is 0 Å². The quantitative estimate of drug-likeness (QED) is 0.721. The Labute approximate surface area is 169 Å². The summed E-state index contributed by atoms with van der Waals surface area (Å²) in [4.78, 5) is 23.4. The highest BCUT2D eigenvalue weighted by Crippen LogP contribution is 2.20. The topological polar surface area (TPSA) is 58.1 Å². The lowest BCUT2D eigenvalue weighted by molar-refractivity contribution is 0.0950. The van der Waals surface area contributed by atoms with Gasteiger partial charge >= 0.3 is 0 Å². The molecule has 0 unspecified atom stereocenters. The molecular weight excluding hydrogens is 368 g/mol. The Balaban J connectivity index is 1.34. The zero-order valence-corrected chi connectivity index (χ0v) is 16.4. The molecule has 1 aromatic heterocycles. The molecular formula is C22H22N4OS. The number of hydrogen-bond acceptors (Lipinski definition) is 5. The van der Waals surface area contributed by atoms with E-state index in [1.165, 1.54) is 17.2 Å². The van der Waals surface area contributed by atoms with Crippen LogP contribution in [0.4, 0.5) is 5.69 Å². The molecule has 0 atom stereocenters. The molecule has 0 bridgehead atoms. The molecule has 1 N–H and O–H groups in total. The molecule has 1 amide bonds. The van der Waals surface area contributed by atoms with Gasteiger partial charge in [0, 0.05) is 54.8 Å². The average molecular weight is 391 g/mol. The summed E-state index contributed by atoms with van der Waals surface area (Å²) in [7, 11) is 0. The number of amides is 1. The number of hydrogen-bond donors (Lipinski definition) is 1. The van der Waals surface area contributed by atoms with Gasteiger partial charge in [-0.1, -0.05) is 42.5 Å². The standard InChI is InChI=1S/C22H22N4OS/c27-22(19-15-23-21(24-16-19)18-4-2-1-3-5-18)25-14-17-6-8-20(9-7-17)26-10-12-28-13-11-26/h1-9,15-16H,10-14H2,(H,25,27). The summed E-state index contributed by atoms with van der Waals surface area (Å²) in [5, 5.41) is 2.94. The first-order valence-electron chi connectivity index (χ1n) is 9.37. The molecule has 1 aliphatic heterocycles. The smallest absolute Gasteiger partial charge is 0.254 e. The lowest BCUT2D eigenvalue weighted by Crippen LogP contribution is -2.32. The van der Waals surface area contributed by atoms with E-state index in [0.717, 1.165) is 24.2 Å². The molecule has 6 heteroatoms. The van der Waals surface area contributed by atoms with E-state index < -0.39 is 0 Å². The van der Waals surface area contributed by atoms with Gasteiger partial charge in [-0.05, 0) is 17.7 Å². The van der Waals surface area contributed by atoms with Gasteiger partial charge in [0.05, 0.1) is 5.56 Å². The zero-order valence-electron chi connectivity index (χ0n) is 15.5. The monoisotopic (exact) mass is 390 g/mol. The second-order valence-electron chi connectivity index (χ2n) is 6.61. The molecule has 5 nitrogen and oxygen atoms in total. The zero-order chi connectivity index (χ0) is 19.2. The van der Waals surface area contributed by atoms with Crippen molar-refractivity contribution in [2.75, 3.05) is 29.5 Å². The van der Waals surface area contributed by atoms with Crippen LogP contribution in [-0.2, 0) is 6.54 Å². The molecule has 3 aromatic rings. The molecule has 28 heavy (non-hydrogen) atoms. The molecule has 1 saturated heterocycles. The van der Waals surface area contributed by atoms with Crippen molar-refractivity contribution in [1.82, 2.24) is 15.3 Å².